The number of hydrogen-bond donors (Lipinski definition) is 1. The number of ether oxygens (including phenoxy) is 1. The molecule has 132 valence electrons. The maximum atomic E-state index is 12.2. The highest BCUT2D eigenvalue weighted by Gasteiger charge is 2.16. The van der Waals surface area contributed by atoms with Gasteiger partial charge in [0.05, 0.1) is 7.11 Å². The van der Waals surface area contributed by atoms with Crippen LogP contribution >= 0.6 is 11.6 Å². The van der Waals surface area contributed by atoms with E-state index in [2.05, 4.69) is 5.32 Å². The predicted octanol–water partition coefficient (Wildman–Crippen LogP) is 4.04. The molecule has 0 aliphatic heterocycles. The van der Waals surface area contributed by atoms with Gasteiger partial charge in [-0.05, 0) is 48.9 Å². The lowest BCUT2D eigenvalue weighted by Crippen LogP contribution is -2.32. The Hall–Kier alpha value is -2.53. The summed E-state index contributed by atoms with van der Waals surface area (Å²) in [4.78, 5) is 25.7. The predicted molar refractivity (Wildman–Crippen MR) is 100 cm³/mol. The molecule has 0 aliphatic carbocycles. The number of rotatable bonds is 6. The van der Waals surface area contributed by atoms with E-state index in [1.807, 2.05) is 13.0 Å². The van der Waals surface area contributed by atoms with Crippen LogP contribution in [0, 0.1) is 6.92 Å². The van der Waals surface area contributed by atoms with E-state index in [0.29, 0.717) is 10.7 Å². The fraction of sp³-hybridized carbons (Fsp3) is 0.263. The fourth-order valence-corrected chi connectivity index (χ4v) is 2.62. The largest absolute Gasteiger partial charge is 0.497 e. The molecule has 0 radical (unpaired) electrons. The van der Waals surface area contributed by atoms with Crippen LogP contribution in [0.4, 0.5) is 11.4 Å². The van der Waals surface area contributed by atoms with Crippen molar-refractivity contribution in [3.63, 3.8) is 0 Å². The lowest BCUT2D eigenvalue weighted by Gasteiger charge is -2.23. The monoisotopic (exact) mass is 360 g/mol. The van der Waals surface area contributed by atoms with Crippen molar-refractivity contribution >= 4 is 34.8 Å². The highest BCUT2D eigenvalue weighted by molar-refractivity contribution is 6.31. The second-order valence-corrected chi connectivity index (χ2v) is 5.99. The van der Waals surface area contributed by atoms with E-state index in [4.69, 9.17) is 16.3 Å². The van der Waals surface area contributed by atoms with Gasteiger partial charge in [-0.25, -0.2) is 0 Å². The number of benzene rings is 2. The average molecular weight is 361 g/mol. The number of anilines is 2. The lowest BCUT2D eigenvalue weighted by atomic mass is 10.1. The summed E-state index contributed by atoms with van der Waals surface area (Å²) in [5.41, 5.74) is 2.21. The van der Waals surface area contributed by atoms with Crippen molar-refractivity contribution in [2.45, 2.75) is 20.3 Å². The minimum atomic E-state index is -0.170. The molecule has 2 aromatic carbocycles. The van der Waals surface area contributed by atoms with Gasteiger partial charge in [0.2, 0.25) is 11.8 Å². The fourth-order valence-electron chi connectivity index (χ4n) is 2.45. The molecule has 2 rings (SSSR count). The van der Waals surface area contributed by atoms with Crippen LogP contribution in [0.25, 0.3) is 0 Å². The van der Waals surface area contributed by atoms with Crippen LogP contribution in [-0.2, 0) is 9.59 Å². The molecule has 2 amide bonds. The van der Waals surface area contributed by atoms with Gasteiger partial charge in [0.25, 0.3) is 0 Å². The molecule has 0 heterocycles. The summed E-state index contributed by atoms with van der Waals surface area (Å²) in [6.07, 6.45) is 0.178. The van der Waals surface area contributed by atoms with Gasteiger partial charge in [-0.2, -0.15) is 0 Å². The Kier molecular flexibility index (Phi) is 6.42. The summed E-state index contributed by atoms with van der Waals surface area (Å²) in [5.74, 6) is 0.413. The van der Waals surface area contributed by atoms with Crippen LogP contribution in [0.3, 0.4) is 0 Å². The van der Waals surface area contributed by atoms with E-state index in [9.17, 15) is 9.59 Å². The Morgan fingerprint density at radius 2 is 1.84 bits per heavy atom. The smallest absolute Gasteiger partial charge is 0.226 e. The minimum absolute atomic E-state index is 0.136. The molecule has 5 nitrogen and oxygen atoms in total. The van der Waals surface area contributed by atoms with Gasteiger partial charge >= 0.3 is 0 Å². The van der Waals surface area contributed by atoms with Crippen molar-refractivity contribution in [1.82, 2.24) is 0 Å². The zero-order chi connectivity index (χ0) is 18.4. The van der Waals surface area contributed by atoms with Crippen molar-refractivity contribution in [1.29, 1.82) is 0 Å². The number of nitrogens with zero attached hydrogens (tertiary/aromatic N) is 1. The number of methoxy groups -OCH3 is 1. The Morgan fingerprint density at radius 1 is 1.16 bits per heavy atom. The first-order chi connectivity index (χ1) is 11.9. The first-order valence-corrected chi connectivity index (χ1v) is 8.27. The minimum Gasteiger partial charge on any atom is -0.497 e. The number of carbonyl (C=O) groups excluding carboxylic acids is 2. The van der Waals surface area contributed by atoms with E-state index in [1.165, 1.54) is 6.92 Å². The third kappa shape index (κ3) is 4.97. The summed E-state index contributed by atoms with van der Waals surface area (Å²) in [6.45, 7) is 3.60. The molecule has 0 spiro atoms. The molecule has 0 aromatic heterocycles. The van der Waals surface area contributed by atoms with Gasteiger partial charge in [0.15, 0.2) is 0 Å². The zero-order valence-electron chi connectivity index (χ0n) is 14.5. The quantitative estimate of drug-likeness (QED) is 0.845. The van der Waals surface area contributed by atoms with Crippen molar-refractivity contribution in [3.8, 4) is 5.75 Å². The van der Waals surface area contributed by atoms with Gasteiger partial charge in [0.1, 0.15) is 5.75 Å². The molecule has 0 bridgehead atoms. The zero-order valence-corrected chi connectivity index (χ0v) is 15.3. The summed E-state index contributed by atoms with van der Waals surface area (Å²) < 4.78 is 5.08. The maximum Gasteiger partial charge on any atom is 0.226 e. The van der Waals surface area contributed by atoms with E-state index in [0.717, 1.165) is 17.0 Å². The molecule has 0 saturated heterocycles. The third-order valence-electron chi connectivity index (χ3n) is 3.85. The molecule has 0 aliphatic rings. The first kappa shape index (κ1) is 18.8. The lowest BCUT2D eigenvalue weighted by molar-refractivity contribution is -0.117. The van der Waals surface area contributed by atoms with E-state index in [-0.39, 0.29) is 24.8 Å². The summed E-state index contributed by atoms with van der Waals surface area (Å²) in [7, 11) is 1.59. The van der Waals surface area contributed by atoms with Crippen LogP contribution in [0.2, 0.25) is 5.02 Å². The van der Waals surface area contributed by atoms with Crippen molar-refractivity contribution in [2.24, 2.45) is 0 Å². The molecule has 0 atom stereocenters. The number of amides is 2. The number of nitrogens with one attached hydrogen (secondary N) is 1. The second-order valence-electron chi connectivity index (χ2n) is 5.58. The molecule has 0 fully saturated rings. The van der Waals surface area contributed by atoms with Gasteiger partial charge < -0.3 is 15.0 Å². The van der Waals surface area contributed by atoms with Crippen molar-refractivity contribution in [3.05, 3.63) is 53.1 Å². The first-order valence-electron chi connectivity index (χ1n) is 7.89. The maximum absolute atomic E-state index is 12.2. The summed E-state index contributed by atoms with van der Waals surface area (Å²) in [5, 5.41) is 3.40. The van der Waals surface area contributed by atoms with Gasteiger partial charge in [0, 0.05) is 36.3 Å². The van der Waals surface area contributed by atoms with Gasteiger partial charge in [-0.15, -0.1) is 0 Å². The molecule has 1 N–H and O–H groups in total. The highest BCUT2D eigenvalue weighted by atomic mass is 35.5. The molecular formula is C19H21ClN2O3. The number of halogens is 1. The normalized spacial score (nSPS) is 10.2. The molecule has 6 heteroatoms. The van der Waals surface area contributed by atoms with Crippen LogP contribution in [0.1, 0.15) is 18.9 Å². The van der Waals surface area contributed by atoms with Crippen LogP contribution in [-0.4, -0.2) is 25.5 Å². The number of carbonyl (C=O) groups is 2. The SMILES string of the molecule is COc1ccc(NC(=O)CCN(C(C)=O)c2cccc(Cl)c2C)cc1. The standard InChI is InChI=1S/C19H21ClN2O3/c1-13-17(20)5-4-6-18(13)22(14(2)23)12-11-19(24)21-15-7-9-16(25-3)10-8-15/h4-10H,11-12H2,1-3H3,(H,21,24). The molecule has 0 saturated carbocycles. The average Bonchev–Trinajstić information content (AvgIpc) is 2.59. The Morgan fingerprint density at radius 3 is 2.44 bits per heavy atom. The van der Waals surface area contributed by atoms with Crippen molar-refractivity contribution in [2.75, 3.05) is 23.9 Å². The third-order valence-corrected chi connectivity index (χ3v) is 4.26. The summed E-state index contributed by atoms with van der Waals surface area (Å²) >= 11 is 6.13. The van der Waals surface area contributed by atoms with Gasteiger partial charge in [-0.3, -0.25) is 9.59 Å². The van der Waals surface area contributed by atoms with Crippen LogP contribution in [0.15, 0.2) is 42.5 Å². The van der Waals surface area contributed by atoms with Crippen LogP contribution in [0.5, 0.6) is 5.75 Å². The Labute approximate surface area is 152 Å². The Balaban J connectivity index is 2.01. The molecule has 25 heavy (non-hydrogen) atoms. The highest BCUT2D eigenvalue weighted by Crippen LogP contribution is 2.27. The molecule has 2 aromatic rings. The van der Waals surface area contributed by atoms with Crippen LogP contribution < -0.4 is 15.0 Å². The Bertz CT molecular complexity index is 760. The van der Waals surface area contributed by atoms with E-state index in [1.54, 1.807) is 48.4 Å². The number of hydrogen-bond acceptors (Lipinski definition) is 3. The van der Waals surface area contributed by atoms with Crippen molar-refractivity contribution < 1.29 is 14.3 Å². The molecular weight excluding hydrogens is 340 g/mol. The topological polar surface area (TPSA) is 58.6 Å². The van der Waals surface area contributed by atoms with Gasteiger partial charge in [-0.1, -0.05) is 17.7 Å². The van der Waals surface area contributed by atoms with E-state index < -0.39 is 0 Å². The summed E-state index contributed by atoms with van der Waals surface area (Å²) in [6, 6.07) is 12.5. The molecule has 0 unspecified atom stereocenters. The van der Waals surface area contributed by atoms with E-state index >= 15 is 0 Å². The second kappa shape index (κ2) is 8.53.